The molecule has 14 heavy (non-hydrogen) atoms. The topological polar surface area (TPSA) is 52.3 Å². The third kappa shape index (κ3) is 2.98. The molecule has 1 rings (SSSR count). The van der Waals surface area contributed by atoms with Gasteiger partial charge in [0, 0.05) is 5.54 Å². The summed E-state index contributed by atoms with van der Waals surface area (Å²) in [6.07, 6.45) is 3.43. The molecule has 0 saturated heterocycles. The molecule has 0 aliphatic heterocycles. The largest absolute Gasteiger partial charge is 0.462 e. The van der Waals surface area contributed by atoms with Crippen molar-refractivity contribution < 1.29 is 9.53 Å². The van der Waals surface area contributed by atoms with Crippen molar-refractivity contribution in [2.75, 3.05) is 0 Å². The molecule has 0 bridgehead atoms. The third-order valence-electron chi connectivity index (χ3n) is 3.10. The van der Waals surface area contributed by atoms with Crippen molar-refractivity contribution in [3.05, 3.63) is 0 Å². The molecule has 82 valence electrons. The summed E-state index contributed by atoms with van der Waals surface area (Å²) in [4.78, 5) is 11.5. The number of carbonyl (C=O) groups is 1. The first kappa shape index (κ1) is 11.5. The minimum Gasteiger partial charge on any atom is -0.462 e. The summed E-state index contributed by atoms with van der Waals surface area (Å²) in [6.45, 7) is 6.01. The number of carbonyl (C=O) groups excluding carboxylic acids is 1. The van der Waals surface area contributed by atoms with Crippen LogP contribution in [0.5, 0.6) is 0 Å². The number of nitrogens with two attached hydrogens (primary N) is 1. The molecule has 1 atom stereocenters. The first-order valence-electron chi connectivity index (χ1n) is 5.41. The van der Waals surface area contributed by atoms with E-state index >= 15 is 0 Å². The molecule has 0 aromatic carbocycles. The first-order chi connectivity index (χ1) is 6.43. The maximum absolute atomic E-state index is 11.5. The average Bonchev–Trinajstić information content (AvgIpc) is 2.00. The van der Waals surface area contributed by atoms with E-state index in [-0.39, 0.29) is 17.6 Å². The van der Waals surface area contributed by atoms with Crippen LogP contribution in [0.3, 0.4) is 0 Å². The van der Waals surface area contributed by atoms with Gasteiger partial charge >= 0.3 is 5.97 Å². The Morgan fingerprint density at radius 1 is 1.43 bits per heavy atom. The van der Waals surface area contributed by atoms with Gasteiger partial charge in [0.25, 0.3) is 0 Å². The monoisotopic (exact) mass is 199 g/mol. The second kappa shape index (κ2) is 4.30. The summed E-state index contributed by atoms with van der Waals surface area (Å²) in [5.74, 6) is 0.225. The van der Waals surface area contributed by atoms with Crippen LogP contribution >= 0.6 is 0 Å². The van der Waals surface area contributed by atoms with Gasteiger partial charge in [-0.05, 0) is 32.1 Å². The minimum absolute atomic E-state index is 0.00817. The minimum atomic E-state index is -0.256. The van der Waals surface area contributed by atoms with E-state index in [1.807, 2.05) is 20.8 Å². The molecule has 0 heterocycles. The van der Waals surface area contributed by atoms with Gasteiger partial charge in [0.2, 0.25) is 0 Å². The Balaban J connectivity index is 2.28. The van der Waals surface area contributed by atoms with Crippen LogP contribution in [0.4, 0.5) is 0 Å². The van der Waals surface area contributed by atoms with Crippen LogP contribution < -0.4 is 5.73 Å². The van der Waals surface area contributed by atoms with Gasteiger partial charge in [-0.15, -0.1) is 0 Å². The number of esters is 1. The van der Waals surface area contributed by atoms with E-state index in [2.05, 4.69) is 0 Å². The van der Waals surface area contributed by atoms with Gasteiger partial charge in [0.1, 0.15) is 6.10 Å². The lowest BCUT2D eigenvalue weighted by Gasteiger charge is -2.37. The van der Waals surface area contributed by atoms with Crippen molar-refractivity contribution in [3.8, 4) is 0 Å². The fourth-order valence-corrected chi connectivity index (χ4v) is 1.48. The molecule has 0 aromatic heterocycles. The molecule has 1 saturated carbocycles. The van der Waals surface area contributed by atoms with E-state index in [4.69, 9.17) is 10.5 Å². The molecule has 0 radical (unpaired) electrons. The van der Waals surface area contributed by atoms with Crippen LogP contribution in [-0.4, -0.2) is 17.6 Å². The molecular weight excluding hydrogens is 178 g/mol. The van der Waals surface area contributed by atoms with Crippen LogP contribution in [-0.2, 0) is 9.53 Å². The van der Waals surface area contributed by atoms with E-state index in [9.17, 15) is 4.79 Å². The highest BCUT2D eigenvalue weighted by Crippen LogP contribution is 2.32. The van der Waals surface area contributed by atoms with Crippen molar-refractivity contribution in [3.63, 3.8) is 0 Å². The predicted octanol–water partition coefficient (Wildman–Crippen LogP) is 1.85. The molecule has 0 spiro atoms. The molecule has 1 aliphatic rings. The second-order valence-electron chi connectivity index (χ2n) is 4.83. The highest BCUT2D eigenvalue weighted by atomic mass is 16.5. The van der Waals surface area contributed by atoms with Crippen LogP contribution in [0.25, 0.3) is 0 Å². The number of ether oxygens (including phenoxy) is 1. The van der Waals surface area contributed by atoms with Crippen molar-refractivity contribution in [1.82, 2.24) is 0 Å². The van der Waals surface area contributed by atoms with E-state index < -0.39 is 0 Å². The van der Waals surface area contributed by atoms with E-state index in [0.717, 1.165) is 19.3 Å². The second-order valence-corrected chi connectivity index (χ2v) is 4.83. The highest BCUT2D eigenvalue weighted by Gasteiger charge is 2.35. The Labute approximate surface area is 86.0 Å². The Kier molecular flexibility index (Phi) is 3.53. The smallest absolute Gasteiger partial charge is 0.307 e. The average molecular weight is 199 g/mol. The third-order valence-corrected chi connectivity index (χ3v) is 3.10. The van der Waals surface area contributed by atoms with Crippen molar-refractivity contribution in [2.24, 2.45) is 11.7 Å². The molecule has 2 N–H and O–H groups in total. The fraction of sp³-hybridized carbons (Fsp3) is 0.909. The van der Waals surface area contributed by atoms with E-state index in [0.29, 0.717) is 12.3 Å². The molecule has 0 amide bonds. The van der Waals surface area contributed by atoms with Gasteiger partial charge in [-0.2, -0.15) is 0 Å². The predicted molar refractivity (Wildman–Crippen MR) is 55.8 cm³/mol. The number of hydrogen-bond donors (Lipinski definition) is 1. The summed E-state index contributed by atoms with van der Waals surface area (Å²) in [6, 6.07) is 0. The van der Waals surface area contributed by atoms with E-state index in [1.165, 1.54) is 0 Å². The molecular formula is C11H21NO2. The lowest BCUT2D eigenvalue weighted by Crippen LogP contribution is -2.48. The zero-order valence-corrected chi connectivity index (χ0v) is 9.38. The zero-order chi connectivity index (χ0) is 10.8. The van der Waals surface area contributed by atoms with Crippen LogP contribution in [0.2, 0.25) is 0 Å². The molecule has 0 aromatic rings. The summed E-state index contributed by atoms with van der Waals surface area (Å²) >= 11 is 0. The highest BCUT2D eigenvalue weighted by molar-refractivity contribution is 5.71. The Morgan fingerprint density at radius 3 is 2.36 bits per heavy atom. The summed E-state index contributed by atoms with van der Waals surface area (Å²) < 4.78 is 5.26. The Hall–Kier alpha value is -0.570. The SMILES string of the molecule is CC(C)C(C)OC(=O)CC1(N)CCC1. The summed E-state index contributed by atoms with van der Waals surface area (Å²) in [7, 11) is 0. The molecule has 1 unspecified atom stereocenters. The van der Waals surface area contributed by atoms with Crippen molar-refractivity contribution in [1.29, 1.82) is 0 Å². The van der Waals surface area contributed by atoms with Crippen LogP contribution in [0, 0.1) is 5.92 Å². The van der Waals surface area contributed by atoms with Gasteiger partial charge in [-0.1, -0.05) is 13.8 Å². The molecule has 3 heteroatoms. The standard InChI is InChI=1S/C11H21NO2/c1-8(2)9(3)14-10(13)7-11(12)5-4-6-11/h8-9H,4-7,12H2,1-3H3. The maximum atomic E-state index is 11.5. The summed E-state index contributed by atoms with van der Waals surface area (Å²) in [5.41, 5.74) is 5.70. The van der Waals surface area contributed by atoms with Gasteiger partial charge < -0.3 is 10.5 Å². The normalized spacial score (nSPS) is 21.5. The van der Waals surface area contributed by atoms with Crippen molar-refractivity contribution >= 4 is 5.97 Å². The van der Waals surface area contributed by atoms with Crippen LogP contribution in [0.15, 0.2) is 0 Å². The lowest BCUT2D eigenvalue weighted by atomic mass is 9.75. The molecule has 1 fully saturated rings. The lowest BCUT2D eigenvalue weighted by molar-refractivity contribution is -0.152. The van der Waals surface area contributed by atoms with Gasteiger partial charge in [0.15, 0.2) is 0 Å². The van der Waals surface area contributed by atoms with Gasteiger partial charge in [-0.3, -0.25) is 4.79 Å². The summed E-state index contributed by atoms with van der Waals surface area (Å²) in [5, 5.41) is 0. The van der Waals surface area contributed by atoms with E-state index in [1.54, 1.807) is 0 Å². The zero-order valence-electron chi connectivity index (χ0n) is 9.38. The molecule has 1 aliphatic carbocycles. The van der Waals surface area contributed by atoms with Crippen molar-refractivity contribution in [2.45, 2.75) is 58.1 Å². The van der Waals surface area contributed by atoms with Gasteiger partial charge in [-0.25, -0.2) is 0 Å². The number of hydrogen-bond acceptors (Lipinski definition) is 3. The maximum Gasteiger partial charge on any atom is 0.307 e. The van der Waals surface area contributed by atoms with Crippen LogP contribution in [0.1, 0.15) is 46.5 Å². The quantitative estimate of drug-likeness (QED) is 0.703. The first-order valence-corrected chi connectivity index (χ1v) is 5.41. The Bertz CT molecular complexity index is 209. The number of rotatable bonds is 4. The Morgan fingerprint density at radius 2 is 2.00 bits per heavy atom. The molecule has 3 nitrogen and oxygen atoms in total. The van der Waals surface area contributed by atoms with Gasteiger partial charge in [0.05, 0.1) is 6.42 Å². The fourth-order valence-electron chi connectivity index (χ4n) is 1.48.